The second-order valence-electron chi connectivity index (χ2n) is 8.00. The van der Waals surface area contributed by atoms with Crippen molar-refractivity contribution < 1.29 is 13.9 Å². The van der Waals surface area contributed by atoms with E-state index >= 15 is 0 Å². The molecule has 1 aromatic heterocycles. The molecular weight excluding hydrogens is 393 g/mol. The summed E-state index contributed by atoms with van der Waals surface area (Å²) in [6.45, 7) is 2.28. The number of halogens is 1. The van der Waals surface area contributed by atoms with E-state index in [4.69, 9.17) is 10.5 Å². The van der Waals surface area contributed by atoms with Crippen molar-refractivity contribution in [1.82, 2.24) is 9.88 Å². The molecule has 2 N–H and O–H groups in total. The van der Waals surface area contributed by atoms with E-state index < -0.39 is 5.41 Å². The summed E-state index contributed by atoms with van der Waals surface area (Å²) < 4.78 is 19.5. The molecule has 0 radical (unpaired) electrons. The molecule has 2 aromatic carbocycles. The van der Waals surface area contributed by atoms with Gasteiger partial charge in [-0.2, -0.15) is 0 Å². The summed E-state index contributed by atoms with van der Waals surface area (Å²) in [5.41, 5.74) is 7.60. The number of amides is 1. The van der Waals surface area contributed by atoms with Gasteiger partial charge in [0.25, 0.3) is 0 Å². The van der Waals surface area contributed by atoms with Gasteiger partial charge < -0.3 is 10.5 Å². The molecule has 2 heterocycles. The number of nitrogens with zero attached hydrogens (tertiary/aromatic N) is 2. The Morgan fingerprint density at radius 2 is 1.97 bits per heavy atom. The smallest absolute Gasteiger partial charge is 0.230 e. The van der Waals surface area contributed by atoms with Gasteiger partial charge in [0.05, 0.1) is 5.69 Å². The highest BCUT2D eigenvalue weighted by Crippen LogP contribution is 2.34. The van der Waals surface area contributed by atoms with E-state index in [1.54, 1.807) is 12.3 Å². The normalized spacial score (nSPS) is 19.1. The Morgan fingerprint density at radius 3 is 2.74 bits per heavy atom. The number of hydrogen-bond acceptors (Lipinski definition) is 4. The van der Waals surface area contributed by atoms with E-state index in [0.717, 1.165) is 35.5 Å². The maximum Gasteiger partial charge on any atom is 0.230 e. The topological polar surface area (TPSA) is 68.5 Å². The van der Waals surface area contributed by atoms with Crippen molar-refractivity contribution in [3.63, 3.8) is 0 Å². The van der Waals surface area contributed by atoms with Crippen LogP contribution in [0.25, 0.3) is 0 Å². The number of para-hydroxylation sites is 1. The maximum absolute atomic E-state index is 13.5. The molecule has 0 spiro atoms. The van der Waals surface area contributed by atoms with Gasteiger partial charge in [0.15, 0.2) is 0 Å². The zero-order valence-electron chi connectivity index (χ0n) is 17.3. The number of rotatable bonds is 7. The van der Waals surface area contributed by atoms with Crippen LogP contribution in [-0.4, -0.2) is 28.9 Å². The van der Waals surface area contributed by atoms with Gasteiger partial charge in [-0.3, -0.25) is 14.7 Å². The molecule has 0 unspecified atom stereocenters. The monoisotopic (exact) mass is 419 g/mol. The number of hydrogen-bond donors (Lipinski definition) is 1. The molecular formula is C25H26FN3O2. The third-order valence-electron chi connectivity index (χ3n) is 5.85. The van der Waals surface area contributed by atoms with E-state index in [1.165, 1.54) is 12.1 Å². The van der Waals surface area contributed by atoms with Crippen molar-refractivity contribution in [3.05, 3.63) is 95.6 Å². The molecule has 0 saturated carbocycles. The van der Waals surface area contributed by atoms with E-state index in [1.807, 2.05) is 48.5 Å². The van der Waals surface area contributed by atoms with E-state index in [9.17, 15) is 9.18 Å². The molecule has 1 fully saturated rings. The Bertz CT molecular complexity index is 1040. The summed E-state index contributed by atoms with van der Waals surface area (Å²) in [6.07, 6.45) is 3.24. The summed E-state index contributed by atoms with van der Waals surface area (Å²) in [7, 11) is 0. The molecule has 1 saturated heterocycles. The van der Waals surface area contributed by atoms with Crippen LogP contribution < -0.4 is 10.5 Å². The highest BCUT2D eigenvalue weighted by atomic mass is 19.1. The summed E-state index contributed by atoms with van der Waals surface area (Å²) in [5.74, 6) is 0.131. The SMILES string of the molecule is NC(=O)[C@@]1(c2ccccn2)CCCN(Cc2ccccc2OCc2cccc(F)c2)C1. The summed E-state index contributed by atoms with van der Waals surface area (Å²) in [6, 6.07) is 19.8. The van der Waals surface area contributed by atoms with Crippen LogP contribution in [0.1, 0.15) is 29.7 Å². The van der Waals surface area contributed by atoms with Crippen LogP contribution in [0.4, 0.5) is 4.39 Å². The fourth-order valence-electron chi connectivity index (χ4n) is 4.27. The van der Waals surface area contributed by atoms with Crippen LogP contribution in [0.2, 0.25) is 0 Å². The Kier molecular flexibility index (Phi) is 6.28. The number of pyridine rings is 1. The van der Waals surface area contributed by atoms with Gasteiger partial charge in [0.2, 0.25) is 5.91 Å². The lowest BCUT2D eigenvalue weighted by molar-refractivity contribution is -0.126. The summed E-state index contributed by atoms with van der Waals surface area (Å²) >= 11 is 0. The van der Waals surface area contributed by atoms with E-state index in [-0.39, 0.29) is 18.3 Å². The van der Waals surface area contributed by atoms with Gasteiger partial charge >= 0.3 is 0 Å². The maximum atomic E-state index is 13.5. The predicted molar refractivity (Wildman–Crippen MR) is 117 cm³/mol. The number of ether oxygens (including phenoxy) is 1. The second kappa shape index (κ2) is 9.27. The standard InChI is InChI=1S/C25H26FN3O2/c26-21-9-5-7-19(15-21)17-31-22-10-2-1-8-20(22)16-29-14-6-12-25(18-29,24(27)30)23-11-3-4-13-28-23/h1-5,7-11,13,15H,6,12,14,16-18H2,(H2,27,30)/t25-/m0/s1. The molecule has 1 atom stereocenters. The van der Waals surface area contributed by atoms with Crippen molar-refractivity contribution in [3.8, 4) is 5.75 Å². The van der Waals surface area contributed by atoms with Gasteiger partial charge in [-0.15, -0.1) is 0 Å². The average Bonchev–Trinajstić information content (AvgIpc) is 2.79. The molecule has 5 nitrogen and oxygen atoms in total. The first-order valence-electron chi connectivity index (χ1n) is 10.5. The lowest BCUT2D eigenvalue weighted by Gasteiger charge is -2.40. The van der Waals surface area contributed by atoms with Crippen molar-refractivity contribution in [1.29, 1.82) is 0 Å². The highest BCUT2D eigenvalue weighted by Gasteiger charge is 2.43. The minimum atomic E-state index is -0.795. The first kappa shape index (κ1) is 21.0. The third-order valence-corrected chi connectivity index (χ3v) is 5.85. The molecule has 1 aliphatic rings. The predicted octanol–water partition coefficient (Wildman–Crippen LogP) is 3.82. The largest absolute Gasteiger partial charge is 0.489 e. The summed E-state index contributed by atoms with van der Waals surface area (Å²) in [4.78, 5) is 19.2. The number of aromatic nitrogens is 1. The molecule has 1 amide bonds. The van der Waals surface area contributed by atoms with E-state index in [2.05, 4.69) is 9.88 Å². The van der Waals surface area contributed by atoms with Crippen molar-refractivity contribution in [2.75, 3.05) is 13.1 Å². The lowest BCUT2D eigenvalue weighted by atomic mass is 9.76. The third kappa shape index (κ3) is 4.75. The fourth-order valence-corrected chi connectivity index (χ4v) is 4.27. The molecule has 0 aliphatic carbocycles. The van der Waals surface area contributed by atoms with E-state index in [0.29, 0.717) is 19.5 Å². The Labute approximate surface area is 181 Å². The second-order valence-corrected chi connectivity index (χ2v) is 8.00. The van der Waals surface area contributed by atoms with Gasteiger partial charge in [-0.05, 0) is 55.3 Å². The van der Waals surface area contributed by atoms with Gasteiger partial charge in [-0.25, -0.2) is 4.39 Å². The van der Waals surface area contributed by atoms with Crippen LogP contribution in [0.5, 0.6) is 5.75 Å². The fraction of sp³-hybridized carbons (Fsp3) is 0.280. The van der Waals surface area contributed by atoms with Crippen molar-refractivity contribution in [2.45, 2.75) is 31.4 Å². The number of piperidine rings is 1. The number of benzene rings is 2. The zero-order valence-corrected chi connectivity index (χ0v) is 17.3. The number of primary amides is 1. The number of carbonyl (C=O) groups excluding carboxylic acids is 1. The molecule has 160 valence electrons. The van der Waals surface area contributed by atoms with Crippen molar-refractivity contribution in [2.24, 2.45) is 5.73 Å². The lowest BCUT2D eigenvalue weighted by Crippen LogP contribution is -2.53. The minimum Gasteiger partial charge on any atom is -0.489 e. The van der Waals surface area contributed by atoms with Crippen molar-refractivity contribution >= 4 is 5.91 Å². The van der Waals surface area contributed by atoms with Gasteiger partial charge in [0, 0.05) is 24.8 Å². The first-order valence-corrected chi connectivity index (χ1v) is 10.5. The van der Waals surface area contributed by atoms with Crippen LogP contribution in [-0.2, 0) is 23.4 Å². The number of nitrogens with two attached hydrogens (primary N) is 1. The molecule has 0 bridgehead atoms. The minimum absolute atomic E-state index is 0.278. The van der Waals surface area contributed by atoms with Gasteiger partial charge in [0.1, 0.15) is 23.6 Å². The highest BCUT2D eigenvalue weighted by molar-refractivity contribution is 5.86. The molecule has 1 aliphatic heterocycles. The Hall–Kier alpha value is -3.25. The van der Waals surface area contributed by atoms with Crippen LogP contribution in [0, 0.1) is 5.82 Å². The van der Waals surface area contributed by atoms with Crippen LogP contribution >= 0.6 is 0 Å². The average molecular weight is 420 g/mol. The Balaban J connectivity index is 1.51. The first-order chi connectivity index (χ1) is 15.1. The molecule has 4 rings (SSSR count). The Morgan fingerprint density at radius 1 is 1.13 bits per heavy atom. The molecule has 6 heteroatoms. The van der Waals surface area contributed by atoms with Gasteiger partial charge in [-0.1, -0.05) is 36.4 Å². The summed E-state index contributed by atoms with van der Waals surface area (Å²) in [5, 5.41) is 0. The quantitative estimate of drug-likeness (QED) is 0.632. The van der Waals surface area contributed by atoms with Crippen LogP contribution in [0.3, 0.4) is 0 Å². The number of carbonyl (C=O) groups is 1. The van der Waals surface area contributed by atoms with Crippen LogP contribution in [0.15, 0.2) is 72.9 Å². The zero-order chi connectivity index (χ0) is 21.7. The molecule has 31 heavy (non-hydrogen) atoms. The molecule has 3 aromatic rings. The number of likely N-dealkylation sites (tertiary alicyclic amines) is 1.